The molecule has 26 heavy (non-hydrogen) atoms. The van der Waals surface area contributed by atoms with Gasteiger partial charge in [0, 0.05) is 5.04 Å². The SMILES string of the molecule is CC1=CC(C)([Si](C)(c2cccc(C)c2)c2cc(C)cc(C)c2)C(C)=C1C. The van der Waals surface area contributed by atoms with E-state index in [1.165, 1.54) is 33.0 Å². The van der Waals surface area contributed by atoms with Crippen LogP contribution in [-0.2, 0) is 0 Å². The van der Waals surface area contributed by atoms with Crippen LogP contribution in [0.4, 0.5) is 0 Å². The first kappa shape index (κ1) is 18.9. The zero-order valence-corrected chi connectivity index (χ0v) is 18.6. The Hall–Kier alpha value is -1.86. The second-order valence-corrected chi connectivity index (χ2v) is 13.1. The average molecular weight is 361 g/mol. The van der Waals surface area contributed by atoms with Crippen molar-refractivity contribution < 1.29 is 0 Å². The highest BCUT2D eigenvalue weighted by Crippen LogP contribution is 2.52. The lowest BCUT2D eigenvalue weighted by Crippen LogP contribution is -2.63. The van der Waals surface area contributed by atoms with E-state index in [2.05, 4.69) is 104 Å². The number of allylic oxidation sites excluding steroid dienone is 4. The van der Waals surface area contributed by atoms with Crippen molar-refractivity contribution in [3.05, 3.63) is 82.0 Å². The van der Waals surface area contributed by atoms with Gasteiger partial charge in [0.25, 0.3) is 0 Å². The Morgan fingerprint density at radius 3 is 1.81 bits per heavy atom. The smallest absolute Gasteiger partial charge is 0.0733 e. The zero-order valence-electron chi connectivity index (χ0n) is 17.6. The van der Waals surface area contributed by atoms with Gasteiger partial charge >= 0.3 is 0 Å². The monoisotopic (exact) mass is 360 g/mol. The molecule has 0 aromatic heterocycles. The van der Waals surface area contributed by atoms with E-state index < -0.39 is 8.07 Å². The number of aryl methyl sites for hydroxylation is 3. The summed E-state index contributed by atoms with van der Waals surface area (Å²) < 4.78 is 0. The number of hydrogen-bond donors (Lipinski definition) is 0. The standard InChI is InChI=1S/C25H32Si/c1-17-10-9-11-23(13-17)26(8,24-14-18(2)12-19(3)15-24)25(7)16-20(4)21(5)22(25)6/h9-16H,1-8H3. The molecule has 2 unspecified atom stereocenters. The highest BCUT2D eigenvalue weighted by molar-refractivity contribution is 7.04. The summed E-state index contributed by atoms with van der Waals surface area (Å²) in [5.74, 6) is 0. The first-order valence-corrected chi connectivity index (χ1v) is 12.1. The molecule has 0 amide bonds. The predicted molar refractivity (Wildman–Crippen MR) is 118 cm³/mol. The van der Waals surface area contributed by atoms with E-state index in [-0.39, 0.29) is 5.04 Å². The Balaban J connectivity index is 2.38. The van der Waals surface area contributed by atoms with E-state index in [9.17, 15) is 0 Å². The summed E-state index contributed by atoms with van der Waals surface area (Å²) in [5.41, 5.74) is 8.55. The van der Waals surface area contributed by atoms with Gasteiger partial charge in [0.05, 0.1) is 0 Å². The van der Waals surface area contributed by atoms with Crippen LogP contribution in [0.1, 0.15) is 44.4 Å². The van der Waals surface area contributed by atoms with E-state index in [0.717, 1.165) is 0 Å². The normalized spacial score (nSPS) is 22.4. The molecule has 0 saturated heterocycles. The van der Waals surface area contributed by atoms with Crippen LogP contribution in [0.5, 0.6) is 0 Å². The summed E-state index contributed by atoms with van der Waals surface area (Å²) in [6.45, 7) is 18.6. The third-order valence-corrected chi connectivity index (χ3v) is 12.4. The lowest BCUT2D eigenvalue weighted by molar-refractivity contribution is 0.864. The molecule has 2 atom stereocenters. The number of hydrogen-bond acceptors (Lipinski definition) is 0. The third-order valence-electron chi connectivity index (χ3n) is 6.87. The van der Waals surface area contributed by atoms with Crippen molar-refractivity contribution >= 4 is 18.4 Å². The average Bonchev–Trinajstić information content (AvgIpc) is 2.77. The van der Waals surface area contributed by atoms with E-state index in [4.69, 9.17) is 0 Å². The molecule has 0 aliphatic heterocycles. The summed E-state index contributed by atoms with van der Waals surface area (Å²) in [4.78, 5) is 0. The third kappa shape index (κ3) is 2.73. The molecule has 1 heteroatoms. The van der Waals surface area contributed by atoms with Gasteiger partial charge in [-0.2, -0.15) is 0 Å². The van der Waals surface area contributed by atoms with E-state index in [0.29, 0.717) is 0 Å². The fourth-order valence-electron chi connectivity index (χ4n) is 4.84. The van der Waals surface area contributed by atoms with Gasteiger partial charge in [0.15, 0.2) is 0 Å². The van der Waals surface area contributed by atoms with Gasteiger partial charge in [-0.25, -0.2) is 0 Å². The minimum atomic E-state index is -2.07. The van der Waals surface area contributed by atoms with Gasteiger partial charge in [0.2, 0.25) is 0 Å². The van der Waals surface area contributed by atoms with Crippen molar-refractivity contribution in [3.8, 4) is 0 Å². The van der Waals surface area contributed by atoms with Gasteiger partial charge < -0.3 is 0 Å². The molecule has 0 spiro atoms. The molecule has 0 radical (unpaired) electrons. The maximum absolute atomic E-state index is 2.57. The summed E-state index contributed by atoms with van der Waals surface area (Å²) in [5, 5.41) is 3.17. The van der Waals surface area contributed by atoms with Crippen molar-refractivity contribution in [3.63, 3.8) is 0 Å². The van der Waals surface area contributed by atoms with Crippen molar-refractivity contribution in [2.75, 3.05) is 0 Å². The second-order valence-electron chi connectivity index (χ2n) is 8.65. The summed E-state index contributed by atoms with van der Waals surface area (Å²) in [7, 11) is -2.07. The Kier molecular flexibility index (Phi) is 4.65. The summed E-state index contributed by atoms with van der Waals surface area (Å²) >= 11 is 0. The van der Waals surface area contributed by atoms with Crippen molar-refractivity contribution in [1.29, 1.82) is 0 Å². The van der Waals surface area contributed by atoms with Crippen molar-refractivity contribution in [1.82, 2.24) is 0 Å². The molecule has 2 aromatic rings. The van der Waals surface area contributed by atoms with E-state index >= 15 is 0 Å². The van der Waals surface area contributed by atoms with Crippen LogP contribution in [0.25, 0.3) is 0 Å². The minimum absolute atomic E-state index is 0.0925. The Labute approximate surface area is 160 Å². The predicted octanol–water partition coefficient (Wildman–Crippen LogP) is 5.86. The Bertz CT molecular complexity index is 911. The van der Waals surface area contributed by atoms with Crippen LogP contribution < -0.4 is 10.4 Å². The Morgan fingerprint density at radius 1 is 0.731 bits per heavy atom. The van der Waals surface area contributed by atoms with Crippen LogP contribution in [0.3, 0.4) is 0 Å². The van der Waals surface area contributed by atoms with Crippen molar-refractivity contribution in [2.24, 2.45) is 0 Å². The topological polar surface area (TPSA) is 0 Å². The van der Waals surface area contributed by atoms with Crippen LogP contribution in [-0.4, -0.2) is 8.07 Å². The van der Waals surface area contributed by atoms with E-state index in [1.807, 2.05) is 0 Å². The molecule has 1 aliphatic carbocycles. The summed E-state index contributed by atoms with van der Waals surface area (Å²) in [6, 6.07) is 16.4. The fourth-order valence-corrected chi connectivity index (χ4v) is 9.79. The second kappa shape index (κ2) is 6.39. The number of benzene rings is 2. The highest BCUT2D eigenvalue weighted by Gasteiger charge is 2.51. The molecule has 0 nitrogen and oxygen atoms in total. The van der Waals surface area contributed by atoms with Crippen LogP contribution in [0.2, 0.25) is 11.6 Å². The quantitative estimate of drug-likeness (QED) is 0.601. The molecule has 0 saturated carbocycles. The highest BCUT2D eigenvalue weighted by atomic mass is 28.3. The van der Waals surface area contributed by atoms with Crippen LogP contribution >= 0.6 is 0 Å². The lowest BCUT2D eigenvalue weighted by atomic mass is 10.0. The molecule has 0 bridgehead atoms. The molecule has 0 N–H and O–H groups in total. The van der Waals surface area contributed by atoms with Crippen molar-refractivity contribution in [2.45, 2.75) is 60.1 Å². The van der Waals surface area contributed by atoms with Gasteiger partial charge in [0.1, 0.15) is 8.07 Å². The molecular formula is C25H32Si. The first-order chi connectivity index (χ1) is 12.1. The fraction of sp³-hybridized carbons (Fsp3) is 0.360. The molecule has 0 heterocycles. The maximum Gasteiger partial charge on any atom is 0.128 e. The first-order valence-electron chi connectivity index (χ1n) is 9.63. The zero-order chi connectivity index (χ0) is 19.3. The molecule has 1 aliphatic rings. The lowest BCUT2D eigenvalue weighted by Gasteiger charge is -2.44. The Morgan fingerprint density at radius 2 is 1.31 bits per heavy atom. The molecule has 136 valence electrons. The van der Waals surface area contributed by atoms with Gasteiger partial charge in [-0.05, 0) is 47.1 Å². The van der Waals surface area contributed by atoms with Gasteiger partial charge in [-0.1, -0.05) is 100 Å². The van der Waals surface area contributed by atoms with E-state index in [1.54, 1.807) is 10.8 Å². The van der Waals surface area contributed by atoms with Gasteiger partial charge in [-0.3, -0.25) is 0 Å². The largest absolute Gasteiger partial charge is 0.128 e. The molecule has 2 aromatic carbocycles. The maximum atomic E-state index is 2.57. The van der Waals surface area contributed by atoms with Gasteiger partial charge in [-0.15, -0.1) is 0 Å². The number of rotatable bonds is 3. The summed E-state index contributed by atoms with van der Waals surface area (Å²) in [6.07, 6.45) is 2.56. The molecule has 0 fully saturated rings. The minimum Gasteiger partial charge on any atom is -0.0733 e. The molecule has 3 rings (SSSR count). The molecular weight excluding hydrogens is 328 g/mol. The van der Waals surface area contributed by atoms with Crippen LogP contribution in [0, 0.1) is 20.8 Å². The van der Waals surface area contributed by atoms with Crippen LogP contribution in [0.15, 0.2) is 65.3 Å².